The zero-order valence-corrected chi connectivity index (χ0v) is 15.1. The maximum Gasteiger partial charge on any atom is 0.410 e. The number of esters is 1. The first-order chi connectivity index (χ1) is 11.7. The zero-order valence-electron chi connectivity index (χ0n) is 14.3. The Kier molecular flexibility index (Phi) is 8.21. The van der Waals surface area contributed by atoms with Crippen molar-refractivity contribution in [3.05, 3.63) is 34.9 Å². The number of alkyl carbamates (subject to hydrolysis) is 1. The molecule has 1 rings (SSSR count). The van der Waals surface area contributed by atoms with E-state index in [2.05, 4.69) is 5.32 Å². The second-order valence-electron chi connectivity index (χ2n) is 5.88. The van der Waals surface area contributed by atoms with Gasteiger partial charge in [-0.05, 0) is 24.1 Å². The Morgan fingerprint density at radius 2 is 1.92 bits per heavy atom. The van der Waals surface area contributed by atoms with Gasteiger partial charge in [-0.2, -0.15) is 0 Å². The summed E-state index contributed by atoms with van der Waals surface area (Å²) in [7, 11) is 0. The second kappa shape index (κ2) is 9.88. The average molecular weight is 372 g/mol. The number of rotatable bonds is 8. The van der Waals surface area contributed by atoms with Crippen LogP contribution in [0.2, 0.25) is 5.02 Å². The van der Waals surface area contributed by atoms with Crippen molar-refractivity contribution >= 4 is 29.6 Å². The van der Waals surface area contributed by atoms with Crippen molar-refractivity contribution in [2.45, 2.75) is 33.5 Å². The van der Waals surface area contributed by atoms with Crippen molar-refractivity contribution in [1.29, 1.82) is 0 Å². The number of carboxylic acids is 1. The van der Waals surface area contributed by atoms with Gasteiger partial charge >= 0.3 is 18.0 Å². The summed E-state index contributed by atoms with van der Waals surface area (Å²) in [6.07, 6.45) is -1.68. The molecule has 0 aromatic heterocycles. The largest absolute Gasteiger partial charge is 0.481 e. The molecule has 1 amide bonds. The number of amides is 1. The van der Waals surface area contributed by atoms with Gasteiger partial charge in [0, 0.05) is 24.4 Å². The predicted molar refractivity (Wildman–Crippen MR) is 91.2 cm³/mol. The summed E-state index contributed by atoms with van der Waals surface area (Å²) >= 11 is 5.89. The maximum absolute atomic E-state index is 11.8. The van der Waals surface area contributed by atoms with Crippen LogP contribution in [0.4, 0.5) is 4.79 Å². The minimum Gasteiger partial charge on any atom is -0.481 e. The number of ether oxygens (including phenoxy) is 2. The second-order valence-corrected chi connectivity index (χ2v) is 6.31. The van der Waals surface area contributed by atoms with E-state index in [1.807, 2.05) is 0 Å². The van der Waals surface area contributed by atoms with Gasteiger partial charge in [-0.3, -0.25) is 9.59 Å². The third-order valence-corrected chi connectivity index (χ3v) is 3.50. The summed E-state index contributed by atoms with van der Waals surface area (Å²) in [5.41, 5.74) is 0.745. The number of hydrogen-bond donors (Lipinski definition) is 2. The number of carbonyl (C=O) groups is 3. The van der Waals surface area contributed by atoms with Crippen LogP contribution < -0.4 is 5.32 Å². The molecule has 0 radical (unpaired) electrons. The van der Waals surface area contributed by atoms with Gasteiger partial charge in [0.2, 0.25) is 0 Å². The lowest BCUT2D eigenvalue weighted by Gasteiger charge is -2.21. The number of benzene rings is 1. The lowest BCUT2D eigenvalue weighted by Crippen LogP contribution is -2.38. The molecule has 2 N–H and O–H groups in total. The molecule has 2 atom stereocenters. The van der Waals surface area contributed by atoms with E-state index in [9.17, 15) is 19.5 Å². The fraction of sp³-hybridized carbons (Fsp3) is 0.471. The molecule has 7 nitrogen and oxygen atoms in total. The first-order valence-corrected chi connectivity index (χ1v) is 8.15. The Balaban J connectivity index is 2.60. The Morgan fingerprint density at radius 1 is 1.24 bits per heavy atom. The van der Waals surface area contributed by atoms with E-state index in [0.717, 1.165) is 5.56 Å². The average Bonchev–Trinajstić information content (AvgIpc) is 2.50. The van der Waals surface area contributed by atoms with Crippen LogP contribution in [-0.2, 0) is 25.5 Å². The summed E-state index contributed by atoms with van der Waals surface area (Å²) in [6.45, 7) is 4.52. The van der Waals surface area contributed by atoms with Crippen LogP contribution in [-0.4, -0.2) is 36.0 Å². The van der Waals surface area contributed by atoms with Crippen LogP contribution in [0.3, 0.4) is 0 Å². The predicted octanol–water partition coefficient (Wildman–Crippen LogP) is 2.85. The molecule has 0 fully saturated rings. The van der Waals surface area contributed by atoms with Crippen molar-refractivity contribution in [2.24, 2.45) is 11.8 Å². The first kappa shape index (κ1) is 20.8. The number of nitrogens with one attached hydrogen (secondary N) is 1. The zero-order chi connectivity index (χ0) is 19.0. The molecule has 0 aliphatic carbocycles. The highest BCUT2D eigenvalue weighted by Gasteiger charge is 2.23. The van der Waals surface area contributed by atoms with Crippen LogP contribution in [0.5, 0.6) is 0 Å². The van der Waals surface area contributed by atoms with Gasteiger partial charge < -0.3 is 19.9 Å². The topological polar surface area (TPSA) is 102 Å². The van der Waals surface area contributed by atoms with Gasteiger partial charge in [0.1, 0.15) is 0 Å². The molecule has 25 heavy (non-hydrogen) atoms. The van der Waals surface area contributed by atoms with Crippen molar-refractivity contribution < 1.29 is 29.0 Å². The highest BCUT2D eigenvalue weighted by molar-refractivity contribution is 6.30. The Bertz CT molecular complexity index is 619. The molecule has 1 aromatic carbocycles. The molecule has 0 aliphatic rings. The fourth-order valence-electron chi connectivity index (χ4n) is 2.01. The van der Waals surface area contributed by atoms with Crippen LogP contribution in [0.25, 0.3) is 0 Å². The van der Waals surface area contributed by atoms with Gasteiger partial charge in [-0.15, -0.1) is 0 Å². The van der Waals surface area contributed by atoms with Crippen molar-refractivity contribution in [1.82, 2.24) is 5.32 Å². The Labute approximate surface area is 151 Å². The van der Waals surface area contributed by atoms with Crippen LogP contribution in [0.1, 0.15) is 26.3 Å². The van der Waals surface area contributed by atoms with E-state index >= 15 is 0 Å². The molecule has 0 unspecified atom stereocenters. The fourth-order valence-corrected chi connectivity index (χ4v) is 2.22. The smallest absolute Gasteiger partial charge is 0.410 e. The van der Waals surface area contributed by atoms with Crippen molar-refractivity contribution in [3.63, 3.8) is 0 Å². The minimum atomic E-state index is -1.05. The SMILES string of the molecule is CC(=O)O[C@H](OC(=O)NC[C@H](Cc1cccc(Cl)c1)C(=O)O)C(C)C. The number of hydrogen-bond acceptors (Lipinski definition) is 5. The number of carbonyl (C=O) groups excluding carboxylic acids is 2. The Morgan fingerprint density at radius 3 is 2.44 bits per heavy atom. The van der Waals surface area contributed by atoms with Gasteiger partial charge in [-0.1, -0.05) is 37.6 Å². The third-order valence-electron chi connectivity index (χ3n) is 3.26. The van der Waals surface area contributed by atoms with Gasteiger partial charge in [0.05, 0.1) is 5.92 Å². The molecule has 0 heterocycles. The van der Waals surface area contributed by atoms with Crippen LogP contribution in [0.15, 0.2) is 24.3 Å². The minimum absolute atomic E-state index is 0.133. The third kappa shape index (κ3) is 7.89. The number of carboxylic acid groups (broad SMARTS) is 1. The summed E-state index contributed by atoms with van der Waals surface area (Å²) in [5, 5.41) is 12.2. The van der Waals surface area contributed by atoms with Crippen molar-refractivity contribution in [3.8, 4) is 0 Å². The number of halogens is 1. The van der Waals surface area contributed by atoms with E-state index in [1.54, 1.807) is 38.1 Å². The molecule has 0 bridgehead atoms. The highest BCUT2D eigenvalue weighted by atomic mass is 35.5. The molecule has 0 aliphatic heterocycles. The van der Waals surface area contributed by atoms with E-state index < -0.39 is 30.2 Å². The molecule has 138 valence electrons. The van der Waals surface area contributed by atoms with E-state index in [1.165, 1.54) is 6.92 Å². The molecule has 1 aromatic rings. The molecular weight excluding hydrogens is 350 g/mol. The first-order valence-electron chi connectivity index (χ1n) is 7.78. The standard InChI is InChI=1S/C17H22ClNO6/c1-10(2)16(24-11(3)20)25-17(23)19-9-13(15(21)22)7-12-5-4-6-14(18)8-12/h4-6,8,10,13,16H,7,9H2,1-3H3,(H,19,23)(H,21,22)/t13-,16+/m0/s1. The monoisotopic (exact) mass is 371 g/mol. The molecule has 8 heteroatoms. The van der Waals surface area contributed by atoms with Gasteiger partial charge in [0.25, 0.3) is 6.29 Å². The molecule has 0 spiro atoms. The summed E-state index contributed by atoms with van der Waals surface area (Å²) in [6, 6.07) is 6.85. The normalized spacial score (nSPS) is 13.0. The number of aliphatic carboxylic acids is 1. The van der Waals surface area contributed by atoms with Gasteiger partial charge in [0.15, 0.2) is 0 Å². The lowest BCUT2D eigenvalue weighted by atomic mass is 9.99. The van der Waals surface area contributed by atoms with Crippen LogP contribution >= 0.6 is 11.6 Å². The molecule has 0 saturated carbocycles. The Hall–Kier alpha value is -2.28. The highest BCUT2D eigenvalue weighted by Crippen LogP contribution is 2.15. The summed E-state index contributed by atoms with van der Waals surface area (Å²) in [4.78, 5) is 34.2. The molecule has 0 saturated heterocycles. The van der Waals surface area contributed by atoms with E-state index in [0.29, 0.717) is 5.02 Å². The van der Waals surface area contributed by atoms with Crippen molar-refractivity contribution in [2.75, 3.05) is 6.54 Å². The van der Waals surface area contributed by atoms with Crippen LogP contribution in [0, 0.1) is 11.8 Å². The van der Waals surface area contributed by atoms with Gasteiger partial charge in [-0.25, -0.2) is 4.79 Å². The summed E-state index contributed by atoms with van der Waals surface area (Å²) in [5.74, 6) is -2.72. The quantitative estimate of drug-likeness (QED) is 0.538. The van der Waals surface area contributed by atoms with E-state index in [-0.39, 0.29) is 18.9 Å². The molecular formula is C17H22ClNO6. The summed E-state index contributed by atoms with van der Waals surface area (Å²) < 4.78 is 9.91. The maximum atomic E-state index is 11.8. The van der Waals surface area contributed by atoms with E-state index in [4.69, 9.17) is 21.1 Å². The lowest BCUT2D eigenvalue weighted by molar-refractivity contribution is -0.172.